The molecule has 4 nitrogen and oxygen atoms in total. The number of benzene rings is 1. The zero-order chi connectivity index (χ0) is 14.8. The lowest BCUT2D eigenvalue weighted by atomic mass is 10.1. The minimum atomic E-state index is 0.731. The Kier molecular flexibility index (Phi) is 3.97. The molecular weight excluding hydrogens is 262 g/mol. The van der Waals surface area contributed by atoms with Gasteiger partial charge < -0.3 is 14.6 Å². The van der Waals surface area contributed by atoms with Crippen molar-refractivity contribution in [3.05, 3.63) is 47.0 Å². The minimum absolute atomic E-state index is 0.731. The maximum Gasteiger partial charge on any atom is 0.123 e. The first kappa shape index (κ1) is 14.1. The lowest BCUT2D eigenvalue weighted by Crippen LogP contribution is -2.15. The van der Waals surface area contributed by atoms with Crippen molar-refractivity contribution in [1.82, 2.24) is 14.9 Å². The summed E-state index contributed by atoms with van der Waals surface area (Å²) < 4.78 is 7.67. The fourth-order valence-electron chi connectivity index (χ4n) is 2.50. The molecule has 3 rings (SSSR count). The zero-order valence-electron chi connectivity index (χ0n) is 13.0. The van der Waals surface area contributed by atoms with Gasteiger partial charge in [0.05, 0.1) is 25.7 Å². The highest BCUT2D eigenvalue weighted by Crippen LogP contribution is 2.23. The number of aryl methyl sites for hydroxylation is 1. The van der Waals surface area contributed by atoms with Crippen LogP contribution in [0, 0.1) is 13.8 Å². The van der Waals surface area contributed by atoms with Gasteiger partial charge in [0.15, 0.2) is 0 Å². The van der Waals surface area contributed by atoms with E-state index in [9.17, 15) is 0 Å². The number of rotatable bonds is 6. The predicted octanol–water partition coefficient (Wildman–Crippen LogP) is 2.81. The van der Waals surface area contributed by atoms with Gasteiger partial charge in [-0.3, -0.25) is 0 Å². The smallest absolute Gasteiger partial charge is 0.123 e. The van der Waals surface area contributed by atoms with Crippen LogP contribution < -0.4 is 10.1 Å². The first-order chi connectivity index (χ1) is 10.2. The van der Waals surface area contributed by atoms with Gasteiger partial charge in [-0.1, -0.05) is 6.07 Å². The standard InChI is InChI=1S/C17H23N3O/c1-12-13(2)20(11-19-12)10-15-8-14(4-7-17(15)21-3)9-18-16-5-6-16/h4,7-8,11,16,18H,5-6,9-10H2,1-3H3. The fraction of sp³-hybridized carbons (Fsp3) is 0.471. The van der Waals surface area contributed by atoms with Gasteiger partial charge in [-0.15, -0.1) is 0 Å². The van der Waals surface area contributed by atoms with E-state index in [1.807, 2.05) is 13.3 Å². The van der Waals surface area contributed by atoms with Crippen LogP contribution in [0.15, 0.2) is 24.5 Å². The Morgan fingerprint density at radius 1 is 1.33 bits per heavy atom. The SMILES string of the molecule is COc1ccc(CNC2CC2)cc1Cn1cnc(C)c1C. The van der Waals surface area contributed by atoms with Gasteiger partial charge in [0, 0.05) is 23.8 Å². The highest BCUT2D eigenvalue weighted by Gasteiger charge is 2.20. The number of nitrogens with zero attached hydrogens (tertiary/aromatic N) is 2. The second-order valence-electron chi connectivity index (χ2n) is 5.84. The van der Waals surface area contributed by atoms with Crippen LogP contribution in [-0.4, -0.2) is 22.7 Å². The Labute approximate surface area is 126 Å². The van der Waals surface area contributed by atoms with Crippen LogP contribution in [0.1, 0.15) is 35.4 Å². The molecule has 0 spiro atoms. The summed E-state index contributed by atoms with van der Waals surface area (Å²) >= 11 is 0. The molecule has 0 saturated heterocycles. The number of imidazole rings is 1. The van der Waals surface area contributed by atoms with Crippen LogP contribution >= 0.6 is 0 Å². The van der Waals surface area contributed by atoms with Gasteiger partial charge in [0.2, 0.25) is 0 Å². The summed E-state index contributed by atoms with van der Waals surface area (Å²) in [4.78, 5) is 4.37. The van der Waals surface area contributed by atoms with Gasteiger partial charge in [-0.05, 0) is 44.4 Å². The number of ether oxygens (including phenoxy) is 1. The lowest BCUT2D eigenvalue weighted by Gasteiger charge is -2.13. The summed E-state index contributed by atoms with van der Waals surface area (Å²) in [5.41, 5.74) is 4.80. The predicted molar refractivity (Wildman–Crippen MR) is 83.7 cm³/mol. The molecule has 1 aliphatic rings. The van der Waals surface area contributed by atoms with Crippen molar-refractivity contribution in [1.29, 1.82) is 0 Å². The number of nitrogens with one attached hydrogen (secondary N) is 1. The van der Waals surface area contributed by atoms with E-state index < -0.39 is 0 Å². The third-order valence-electron chi connectivity index (χ3n) is 4.20. The van der Waals surface area contributed by atoms with Gasteiger partial charge in [0.1, 0.15) is 5.75 Å². The molecule has 1 heterocycles. The first-order valence-corrected chi connectivity index (χ1v) is 7.55. The molecule has 2 aromatic rings. The normalized spacial score (nSPS) is 14.4. The summed E-state index contributed by atoms with van der Waals surface area (Å²) in [5, 5.41) is 3.56. The molecule has 1 aliphatic carbocycles. The first-order valence-electron chi connectivity index (χ1n) is 7.55. The second-order valence-corrected chi connectivity index (χ2v) is 5.84. The van der Waals surface area contributed by atoms with Crippen molar-refractivity contribution in [3.8, 4) is 5.75 Å². The monoisotopic (exact) mass is 285 g/mol. The van der Waals surface area contributed by atoms with Crippen molar-refractivity contribution >= 4 is 0 Å². The van der Waals surface area contributed by atoms with E-state index in [1.165, 1.54) is 29.7 Å². The van der Waals surface area contributed by atoms with Crippen LogP contribution in [-0.2, 0) is 13.1 Å². The van der Waals surface area contributed by atoms with E-state index >= 15 is 0 Å². The van der Waals surface area contributed by atoms with Gasteiger partial charge in [0.25, 0.3) is 0 Å². The molecule has 1 saturated carbocycles. The number of methoxy groups -OCH3 is 1. The van der Waals surface area contributed by atoms with E-state index in [2.05, 4.69) is 40.0 Å². The molecule has 112 valence electrons. The molecule has 4 heteroatoms. The third kappa shape index (κ3) is 3.27. The molecule has 1 aromatic heterocycles. The maximum absolute atomic E-state index is 5.50. The molecule has 1 aromatic carbocycles. The van der Waals surface area contributed by atoms with Crippen LogP contribution in [0.25, 0.3) is 0 Å². The van der Waals surface area contributed by atoms with Gasteiger partial charge >= 0.3 is 0 Å². The molecular formula is C17H23N3O. The van der Waals surface area contributed by atoms with Gasteiger partial charge in [-0.2, -0.15) is 0 Å². The average molecular weight is 285 g/mol. The Bertz CT molecular complexity index is 629. The van der Waals surface area contributed by atoms with Crippen molar-refractivity contribution in [2.45, 2.75) is 45.8 Å². The Morgan fingerprint density at radius 3 is 2.76 bits per heavy atom. The maximum atomic E-state index is 5.50. The van der Waals surface area contributed by atoms with Crippen molar-refractivity contribution in [2.24, 2.45) is 0 Å². The van der Waals surface area contributed by atoms with E-state index in [-0.39, 0.29) is 0 Å². The molecule has 0 aliphatic heterocycles. The molecule has 0 radical (unpaired) electrons. The second kappa shape index (κ2) is 5.90. The number of hydrogen-bond donors (Lipinski definition) is 1. The lowest BCUT2D eigenvalue weighted by molar-refractivity contribution is 0.408. The molecule has 0 bridgehead atoms. The molecule has 21 heavy (non-hydrogen) atoms. The van der Waals surface area contributed by atoms with E-state index in [1.54, 1.807) is 7.11 Å². The zero-order valence-corrected chi connectivity index (χ0v) is 13.0. The fourth-order valence-corrected chi connectivity index (χ4v) is 2.50. The topological polar surface area (TPSA) is 39.1 Å². The summed E-state index contributed by atoms with van der Waals surface area (Å²) in [6, 6.07) is 7.18. The van der Waals surface area contributed by atoms with Crippen molar-refractivity contribution < 1.29 is 4.74 Å². The Morgan fingerprint density at radius 2 is 2.14 bits per heavy atom. The van der Waals surface area contributed by atoms with Crippen molar-refractivity contribution in [3.63, 3.8) is 0 Å². The highest BCUT2D eigenvalue weighted by atomic mass is 16.5. The molecule has 1 fully saturated rings. The summed E-state index contributed by atoms with van der Waals surface area (Å²) in [7, 11) is 1.73. The quantitative estimate of drug-likeness (QED) is 0.887. The van der Waals surface area contributed by atoms with E-state index in [4.69, 9.17) is 4.74 Å². The van der Waals surface area contributed by atoms with Crippen LogP contribution in [0.5, 0.6) is 5.75 Å². The van der Waals surface area contributed by atoms with E-state index in [0.717, 1.165) is 30.6 Å². The molecule has 0 unspecified atom stereocenters. The Hall–Kier alpha value is -1.81. The summed E-state index contributed by atoms with van der Waals surface area (Å²) in [6.07, 6.45) is 4.53. The number of aromatic nitrogens is 2. The van der Waals surface area contributed by atoms with Crippen LogP contribution in [0.4, 0.5) is 0 Å². The summed E-state index contributed by atoms with van der Waals surface area (Å²) in [5.74, 6) is 0.941. The molecule has 0 amide bonds. The van der Waals surface area contributed by atoms with Gasteiger partial charge in [-0.25, -0.2) is 4.98 Å². The van der Waals surface area contributed by atoms with Crippen LogP contribution in [0.2, 0.25) is 0 Å². The minimum Gasteiger partial charge on any atom is -0.496 e. The molecule has 0 atom stereocenters. The average Bonchev–Trinajstić information content (AvgIpc) is 3.27. The third-order valence-corrected chi connectivity index (χ3v) is 4.20. The van der Waals surface area contributed by atoms with Crippen LogP contribution in [0.3, 0.4) is 0 Å². The highest BCUT2D eigenvalue weighted by molar-refractivity contribution is 5.38. The summed E-state index contributed by atoms with van der Waals surface area (Å²) in [6.45, 7) is 5.88. The number of hydrogen-bond acceptors (Lipinski definition) is 3. The molecule has 1 N–H and O–H groups in total. The van der Waals surface area contributed by atoms with Crippen molar-refractivity contribution in [2.75, 3.05) is 7.11 Å². The largest absolute Gasteiger partial charge is 0.496 e. The Balaban J connectivity index is 1.80. The van der Waals surface area contributed by atoms with E-state index in [0.29, 0.717) is 0 Å².